The number of nitrogens with zero attached hydrogens (tertiary/aromatic N) is 2. The molecular weight excluding hydrogens is 392 g/mol. The van der Waals surface area contributed by atoms with Crippen LogP contribution in [0.25, 0.3) is 23.3 Å². The van der Waals surface area contributed by atoms with Crippen LogP contribution < -0.4 is 0 Å². The lowest BCUT2D eigenvalue weighted by atomic mass is 10.0. The van der Waals surface area contributed by atoms with Crippen LogP contribution in [0.3, 0.4) is 0 Å². The molecular formula is C22H15ClN2O4. The fraction of sp³-hybridized carbons (Fsp3) is 0. The third-order valence-corrected chi connectivity index (χ3v) is 4.46. The molecule has 7 heteroatoms. The Morgan fingerprint density at radius 1 is 0.759 bits per heavy atom. The first kappa shape index (κ1) is 20.0. The van der Waals surface area contributed by atoms with Gasteiger partial charge in [0.25, 0.3) is 11.4 Å². The van der Waals surface area contributed by atoms with Crippen molar-refractivity contribution in [3.05, 3.63) is 115 Å². The Kier molecular flexibility index (Phi) is 6.16. The van der Waals surface area contributed by atoms with Crippen LogP contribution in [0.5, 0.6) is 0 Å². The van der Waals surface area contributed by atoms with E-state index in [1.165, 1.54) is 6.07 Å². The molecule has 0 saturated carbocycles. The van der Waals surface area contributed by atoms with Gasteiger partial charge in [-0.1, -0.05) is 78.3 Å². The molecule has 6 nitrogen and oxygen atoms in total. The highest BCUT2D eigenvalue weighted by Crippen LogP contribution is 2.36. The van der Waals surface area contributed by atoms with E-state index in [4.69, 9.17) is 11.6 Å². The van der Waals surface area contributed by atoms with Gasteiger partial charge in [0.1, 0.15) is 0 Å². The first-order valence-corrected chi connectivity index (χ1v) is 8.96. The standard InChI is InChI=1S/C22H15ClN2O4/c23-20(13-17-9-5-2-6-10-17)19-14-18(12-11-16-7-3-1-4-8-16)21(24(26)27)15-22(19)25(28)29/h1-15H/b12-11-,20-13?. The second-order valence-electron chi connectivity index (χ2n) is 6.09. The van der Waals surface area contributed by atoms with Gasteiger partial charge >= 0.3 is 0 Å². The third-order valence-electron chi connectivity index (χ3n) is 4.14. The predicted molar refractivity (Wildman–Crippen MR) is 115 cm³/mol. The maximum absolute atomic E-state index is 11.5. The molecule has 3 aromatic rings. The Morgan fingerprint density at radius 2 is 1.31 bits per heavy atom. The van der Waals surface area contributed by atoms with Crippen LogP contribution in [0.15, 0.2) is 72.8 Å². The Labute approximate surface area is 171 Å². The van der Waals surface area contributed by atoms with Crippen LogP contribution in [0.2, 0.25) is 0 Å². The van der Waals surface area contributed by atoms with Crippen LogP contribution in [0.1, 0.15) is 22.3 Å². The van der Waals surface area contributed by atoms with E-state index in [1.807, 2.05) is 48.5 Å². The van der Waals surface area contributed by atoms with E-state index in [0.717, 1.165) is 17.2 Å². The summed E-state index contributed by atoms with van der Waals surface area (Å²) in [4.78, 5) is 21.7. The number of halogens is 1. The number of rotatable bonds is 6. The molecule has 0 aliphatic rings. The first-order valence-electron chi connectivity index (χ1n) is 8.58. The molecule has 0 N–H and O–H groups in total. The summed E-state index contributed by atoms with van der Waals surface area (Å²) >= 11 is 6.37. The van der Waals surface area contributed by atoms with Crippen molar-refractivity contribution in [1.29, 1.82) is 0 Å². The topological polar surface area (TPSA) is 86.3 Å². The summed E-state index contributed by atoms with van der Waals surface area (Å²) in [6.07, 6.45) is 4.83. The third kappa shape index (κ3) is 4.94. The van der Waals surface area contributed by atoms with Crippen molar-refractivity contribution in [1.82, 2.24) is 0 Å². The first-order chi connectivity index (χ1) is 14.0. The quantitative estimate of drug-likeness (QED) is 0.269. The van der Waals surface area contributed by atoms with Gasteiger partial charge in [-0.3, -0.25) is 20.2 Å². The van der Waals surface area contributed by atoms with Crippen LogP contribution in [0.4, 0.5) is 11.4 Å². The van der Waals surface area contributed by atoms with Gasteiger partial charge in [-0.15, -0.1) is 0 Å². The van der Waals surface area contributed by atoms with Gasteiger partial charge in [-0.05, 0) is 29.3 Å². The molecule has 3 aromatic carbocycles. The van der Waals surface area contributed by atoms with Crippen LogP contribution in [-0.4, -0.2) is 9.85 Å². The largest absolute Gasteiger partial charge is 0.285 e. The summed E-state index contributed by atoms with van der Waals surface area (Å²) in [5, 5.41) is 23.1. The summed E-state index contributed by atoms with van der Waals surface area (Å²) in [5.74, 6) is 0. The molecule has 0 saturated heterocycles. The number of nitro groups is 2. The lowest BCUT2D eigenvalue weighted by molar-refractivity contribution is -0.394. The zero-order chi connectivity index (χ0) is 20.8. The van der Waals surface area contributed by atoms with E-state index in [-0.39, 0.29) is 21.8 Å². The second-order valence-corrected chi connectivity index (χ2v) is 6.50. The van der Waals surface area contributed by atoms with E-state index in [9.17, 15) is 20.2 Å². The summed E-state index contributed by atoms with van der Waals surface area (Å²) in [6, 6.07) is 20.6. The van der Waals surface area contributed by atoms with Gasteiger partial charge in [0.15, 0.2) is 0 Å². The van der Waals surface area contributed by atoms with Gasteiger partial charge in [-0.25, -0.2) is 0 Å². The maximum Gasteiger partial charge on any atom is 0.285 e. The smallest absolute Gasteiger partial charge is 0.258 e. The monoisotopic (exact) mass is 406 g/mol. The highest BCUT2D eigenvalue weighted by atomic mass is 35.5. The SMILES string of the molecule is O=[N+]([O-])c1cc([N+](=O)[O-])c(C(Cl)=Cc2ccccc2)cc1/C=C\c1ccccc1. The summed E-state index contributed by atoms with van der Waals surface area (Å²) in [6.45, 7) is 0. The zero-order valence-corrected chi connectivity index (χ0v) is 15.8. The fourth-order valence-electron chi connectivity index (χ4n) is 2.75. The Morgan fingerprint density at radius 3 is 1.86 bits per heavy atom. The normalized spacial score (nSPS) is 11.6. The van der Waals surface area contributed by atoms with Crippen molar-refractivity contribution >= 4 is 46.2 Å². The van der Waals surface area contributed by atoms with E-state index < -0.39 is 15.5 Å². The molecule has 0 fully saturated rings. The molecule has 0 radical (unpaired) electrons. The van der Waals surface area contributed by atoms with Crippen molar-refractivity contribution in [2.75, 3.05) is 0 Å². The Bertz CT molecular complexity index is 1110. The molecule has 0 aliphatic carbocycles. The molecule has 0 aliphatic heterocycles. The fourth-order valence-corrected chi connectivity index (χ4v) is 3.03. The van der Waals surface area contributed by atoms with Gasteiger partial charge in [0.05, 0.1) is 32.1 Å². The predicted octanol–water partition coefficient (Wildman–Crippen LogP) is 6.41. The summed E-state index contributed by atoms with van der Waals surface area (Å²) in [7, 11) is 0. The molecule has 0 amide bonds. The average molecular weight is 407 g/mol. The van der Waals surface area contributed by atoms with Crippen molar-refractivity contribution < 1.29 is 9.85 Å². The highest BCUT2D eigenvalue weighted by molar-refractivity contribution is 6.51. The maximum atomic E-state index is 11.5. The minimum Gasteiger partial charge on any atom is -0.258 e. The van der Waals surface area contributed by atoms with Crippen LogP contribution in [0, 0.1) is 20.2 Å². The van der Waals surface area contributed by atoms with E-state index >= 15 is 0 Å². The zero-order valence-electron chi connectivity index (χ0n) is 15.1. The molecule has 0 bridgehead atoms. The van der Waals surface area contributed by atoms with Gasteiger partial charge in [-0.2, -0.15) is 0 Å². The molecule has 0 aromatic heterocycles. The molecule has 0 unspecified atom stereocenters. The number of nitro benzene ring substituents is 2. The Hall–Kier alpha value is -3.77. The minimum atomic E-state index is -0.672. The van der Waals surface area contributed by atoms with Crippen molar-refractivity contribution in [2.24, 2.45) is 0 Å². The lowest BCUT2D eigenvalue weighted by Crippen LogP contribution is -1.99. The molecule has 144 valence electrons. The lowest BCUT2D eigenvalue weighted by Gasteiger charge is -2.06. The number of hydrogen-bond acceptors (Lipinski definition) is 4. The molecule has 0 atom stereocenters. The highest BCUT2D eigenvalue weighted by Gasteiger charge is 2.24. The molecule has 3 rings (SSSR count). The van der Waals surface area contributed by atoms with Crippen molar-refractivity contribution in [3.8, 4) is 0 Å². The minimum absolute atomic E-state index is 0.110. The van der Waals surface area contributed by atoms with E-state index in [2.05, 4.69) is 0 Å². The summed E-state index contributed by atoms with van der Waals surface area (Å²) < 4.78 is 0. The van der Waals surface area contributed by atoms with Crippen LogP contribution in [-0.2, 0) is 0 Å². The van der Waals surface area contributed by atoms with Gasteiger partial charge in [0, 0.05) is 0 Å². The molecule has 0 spiro atoms. The average Bonchev–Trinajstić information content (AvgIpc) is 2.72. The van der Waals surface area contributed by atoms with Crippen molar-refractivity contribution in [2.45, 2.75) is 0 Å². The van der Waals surface area contributed by atoms with E-state index in [1.54, 1.807) is 30.4 Å². The number of benzene rings is 3. The van der Waals surface area contributed by atoms with Crippen LogP contribution >= 0.6 is 11.6 Å². The van der Waals surface area contributed by atoms with Gasteiger partial charge in [0.2, 0.25) is 0 Å². The van der Waals surface area contributed by atoms with Crippen molar-refractivity contribution in [3.63, 3.8) is 0 Å². The molecule has 0 heterocycles. The number of hydrogen-bond donors (Lipinski definition) is 0. The van der Waals surface area contributed by atoms with Gasteiger partial charge < -0.3 is 0 Å². The second kappa shape index (κ2) is 8.95. The summed E-state index contributed by atoms with van der Waals surface area (Å²) in [5.41, 5.74) is 1.14. The van der Waals surface area contributed by atoms with E-state index in [0.29, 0.717) is 0 Å². The Balaban J connectivity index is 2.14. The molecule has 29 heavy (non-hydrogen) atoms.